The Labute approximate surface area is 267 Å². The molecular weight excluding hydrogens is 612 g/mol. The van der Waals surface area contributed by atoms with Gasteiger partial charge in [-0.3, -0.25) is 9.78 Å². The average molecular weight is 643 g/mol. The maximum absolute atomic E-state index is 13.4. The molecule has 3 aromatic carbocycles. The van der Waals surface area contributed by atoms with Gasteiger partial charge < -0.3 is 28.6 Å². The molecule has 0 unspecified atom stereocenters. The largest absolute Gasteiger partial charge is 0.459 e. The molecule has 0 radical (unpaired) electrons. The molecule has 0 amide bonds. The van der Waals surface area contributed by atoms with Crippen LogP contribution in [0.2, 0.25) is 0 Å². The first-order chi connectivity index (χ1) is 22.9. The van der Waals surface area contributed by atoms with E-state index in [4.69, 9.17) is 23.7 Å². The van der Waals surface area contributed by atoms with Crippen molar-refractivity contribution in [3.63, 3.8) is 0 Å². The van der Waals surface area contributed by atoms with Gasteiger partial charge in [-0.15, -0.1) is 5.10 Å². The van der Waals surface area contributed by atoms with Crippen molar-refractivity contribution >= 4 is 23.7 Å². The van der Waals surface area contributed by atoms with Crippen molar-refractivity contribution in [2.75, 3.05) is 37.8 Å². The van der Waals surface area contributed by atoms with Crippen LogP contribution in [0.4, 0.5) is 5.82 Å². The van der Waals surface area contributed by atoms with Crippen LogP contribution in [0.5, 0.6) is 0 Å². The first-order valence-electron chi connectivity index (χ1n) is 14.8. The number of H-pyrrole nitrogens is 1. The maximum Gasteiger partial charge on any atom is 0.347 e. The monoisotopic (exact) mass is 642 g/mol. The Morgan fingerprint density at radius 3 is 1.81 bits per heavy atom. The molecule has 242 valence electrons. The minimum absolute atomic E-state index is 0.0820. The van der Waals surface area contributed by atoms with Gasteiger partial charge in [0.25, 0.3) is 5.56 Å². The highest BCUT2D eigenvalue weighted by Crippen LogP contribution is 2.34. The predicted molar refractivity (Wildman–Crippen MR) is 164 cm³/mol. The Hall–Kier alpha value is -5.60. The van der Waals surface area contributed by atoms with E-state index in [9.17, 15) is 24.0 Å². The number of morpholine rings is 1. The third-order valence-corrected chi connectivity index (χ3v) is 7.56. The number of benzene rings is 3. The predicted octanol–water partition coefficient (Wildman–Crippen LogP) is 1.97. The molecule has 0 spiro atoms. The number of carbonyl (C=O) groups is 3. The summed E-state index contributed by atoms with van der Waals surface area (Å²) < 4.78 is 29.7. The molecule has 14 heteroatoms. The van der Waals surface area contributed by atoms with Gasteiger partial charge in [-0.05, 0) is 36.4 Å². The summed E-state index contributed by atoms with van der Waals surface area (Å²) in [7, 11) is 0. The number of nitrogens with one attached hydrogen (secondary N) is 1. The molecule has 6 rings (SSSR count). The van der Waals surface area contributed by atoms with E-state index in [1.165, 1.54) is 24.3 Å². The first kappa shape index (κ1) is 31.4. The number of rotatable bonds is 9. The van der Waals surface area contributed by atoms with E-state index in [1.807, 2.05) is 0 Å². The highest BCUT2D eigenvalue weighted by atomic mass is 16.7. The molecular formula is C33H30N4O10. The van der Waals surface area contributed by atoms with Crippen LogP contribution in [-0.2, 0) is 23.7 Å². The summed E-state index contributed by atoms with van der Waals surface area (Å²) in [5.74, 6) is -2.35. The van der Waals surface area contributed by atoms with Gasteiger partial charge in [-0.25, -0.2) is 19.2 Å². The van der Waals surface area contributed by atoms with Crippen molar-refractivity contribution in [1.29, 1.82) is 0 Å². The van der Waals surface area contributed by atoms with E-state index in [2.05, 4.69) is 10.1 Å². The first-order valence-corrected chi connectivity index (χ1v) is 14.8. The summed E-state index contributed by atoms with van der Waals surface area (Å²) in [5.41, 5.74) is -1.06. The van der Waals surface area contributed by atoms with Gasteiger partial charge in [0.05, 0.1) is 29.9 Å². The number of anilines is 1. The second-order valence-electron chi connectivity index (χ2n) is 10.6. The Balaban J connectivity index is 1.39. The Kier molecular flexibility index (Phi) is 9.50. The molecule has 1 aromatic heterocycles. The zero-order valence-electron chi connectivity index (χ0n) is 24.9. The zero-order chi connectivity index (χ0) is 32.8. The maximum atomic E-state index is 13.4. The summed E-state index contributed by atoms with van der Waals surface area (Å²) in [4.78, 5) is 69.6. The van der Waals surface area contributed by atoms with E-state index in [0.29, 0.717) is 26.3 Å². The van der Waals surface area contributed by atoms with Crippen LogP contribution in [-0.4, -0.2) is 83.9 Å². The standard InChI is InChI=1S/C33H30N4O10/c38-28-27(36-16-18-43-19-17-36)35-37(33(42)34-28)29-26(47-32(41)23-14-8-3-9-15-23)25(46-31(40)22-12-6-2-7-13-22)24(45-29)20-44-30(39)21-10-4-1-5-11-21/h1-15,24-26,29H,16-20H2,(H,34,38,42)/t24-,25+,26-,29+/m0/s1. The molecule has 3 heterocycles. The van der Waals surface area contributed by atoms with Crippen LogP contribution < -0.4 is 16.1 Å². The lowest BCUT2D eigenvalue weighted by atomic mass is 10.1. The molecule has 14 nitrogen and oxygen atoms in total. The molecule has 2 fully saturated rings. The van der Waals surface area contributed by atoms with Gasteiger partial charge in [0.1, 0.15) is 12.7 Å². The minimum atomic E-state index is -1.51. The van der Waals surface area contributed by atoms with Gasteiger partial charge in [-0.1, -0.05) is 54.6 Å². The number of hydrogen-bond acceptors (Lipinski definition) is 12. The van der Waals surface area contributed by atoms with E-state index < -0.39 is 60.3 Å². The van der Waals surface area contributed by atoms with Crippen LogP contribution in [0.25, 0.3) is 0 Å². The van der Waals surface area contributed by atoms with Gasteiger partial charge in [0.15, 0.2) is 18.4 Å². The average Bonchev–Trinajstić information content (AvgIpc) is 3.44. The second kappa shape index (κ2) is 14.2. The van der Waals surface area contributed by atoms with Gasteiger partial charge in [0.2, 0.25) is 5.82 Å². The summed E-state index contributed by atoms with van der Waals surface area (Å²) in [5, 5.41) is 4.32. The highest BCUT2D eigenvalue weighted by Gasteiger charge is 2.52. The van der Waals surface area contributed by atoms with E-state index in [1.54, 1.807) is 71.6 Å². The summed E-state index contributed by atoms with van der Waals surface area (Å²) in [6.07, 6.45) is -5.62. The number of hydrogen-bond donors (Lipinski definition) is 1. The molecule has 47 heavy (non-hydrogen) atoms. The Bertz CT molecular complexity index is 1830. The van der Waals surface area contributed by atoms with E-state index in [-0.39, 0.29) is 22.5 Å². The third kappa shape index (κ3) is 7.13. The fourth-order valence-electron chi connectivity index (χ4n) is 5.21. The number of carbonyl (C=O) groups excluding carboxylic acids is 3. The van der Waals surface area contributed by atoms with Crippen molar-refractivity contribution < 1.29 is 38.1 Å². The second-order valence-corrected chi connectivity index (χ2v) is 10.6. The third-order valence-electron chi connectivity index (χ3n) is 7.56. The number of aromatic nitrogens is 3. The van der Waals surface area contributed by atoms with Crippen molar-refractivity contribution in [2.45, 2.75) is 24.5 Å². The van der Waals surface area contributed by atoms with E-state index >= 15 is 0 Å². The molecule has 2 aliphatic heterocycles. The van der Waals surface area contributed by atoms with Crippen LogP contribution in [0.3, 0.4) is 0 Å². The summed E-state index contributed by atoms with van der Waals surface area (Å²) in [6.45, 7) is 0.891. The van der Waals surface area contributed by atoms with Crippen LogP contribution in [0, 0.1) is 0 Å². The fraction of sp³-hybridized carbons (Fsp3) is 0.273. The SMILES string of the molecule is O=C(OC[C@@H]1O[C@@H](n2nc(N3CCOCC3)c(=O)[nH]c2=O)[C@@H](OC(=O)c2ccccc2)[C@@H]1OC(=O)c1ccccc1)c1ccccc1. The molecule has 0 aliphatic carbocycles. The fourth-order valence-corrected chi connectivity index (χ4v) is 5.21. The lowest BCUT2D eigenvalue weighted by molar-refractivity contribution is -0.0698. The zero-order valence-corrected chi connectivity index (χ0v) is 24.9. The number of nitrogens with zero attached hydrogens (tertiary/aromatic N) is 3. The number of ether oxygens (including phenoxy) is 5. The number of aromatic amines is 1. The van der Waals surface area contributed by atoms with Gasteiger partial charge in [0, 0.05) is 13.1 Å². The van der Waals surface area contributed by atoms with Crippen LogP contribution in [0.1, 0.15) is 37.3 Å². The molecule has 4 aromatic rings. The lowest BCUT2D eigenvalue weighted by Crippen LogP contribution is -2.46. The summed E-state index contributed by atoms with van der Waals surface area (Å²) >= 11 is 0. The highest BCUT2D eigenvalue weighted by molar-refractivity contribution is 5.91. The van der Waals surface area contributed by atoms with Gasteiger partial charge in [-0.2, -0.15) is 4.68 Å². The molecule has 0 bridgehead atoms. The van der Waals surface area contributed by atoms with Crippen molar-refractivity contribution in [3.05, 3.63) is 129 Å². The van der Waals surface area contributed by atoms with Crippen LogP contribution >= 0.6 is 0 Å². The normalized spacial score (nSPS) is 20.7. The molecule has 4 atom stereocenters. The minimum Gasteiger partial charge on any atom is -0.459 e. The van der Waals surface area contributed by atoms with E-state index in [0.717, 1.165) is 4.68 Å². The Morgan fingerprint density at radius 2 is 1.26 bits per heavy atom. The quantitative estimate of drug-likeness (QED) is 0.209. The lowest BCUT2D eigenvalue weighted by Gasteiger charge is -2.28. The van der Waals surface area contributed by atoms with Crippen LogP contribution in [0.15, 0.2) is 101 Å². The Morgan fingerprint density at radius 1 is 0.745 bits per heavy atom. The van der Waals surface area contributed by atoms with Crippen molar-refractivity contribution in [1.82, 2.24) is 14.8 Å². The van der Waals surface area contributed by atoms with Crippen molar-refractivity contribution in [3.8, 4) is 0 Å². The van der Waals surface area contributed by atoms with Crippen molar-refractivity contribution in [2.24, 2.45) is 0 Å². The smallest absolute Gasteiger partial charge is 0.347 e. The molecule has 2 aliphatic rings. The molecule has 1 N–H and O–H groups in total. The summed E-state index contributed by atoms with van der Waals surface area (Å²) in [6, 6.07) is 24.3. The number of esters is 3. The topological polar surface area (TPSA) is 168 Å². The molecule has 2 saturated heterocycles. The molecule has 0 saturated carbocycles. The van der Waals surface area contributed by atoms with Gasteiger partial charge >= 0.3 is 23.6 Å².